The summed E-state index contributed by atoms with van der Waals surface area (Å²) < 4.78 is 5.26. The van der Waals surface area contributed by atoms with Gasteiger partial charge < -0.3 is 15.8 Å². The van der Waals surface area contributed by atoms with Crippen LogP contribution in [0, 0.1) is 0 Å². The van der Waals surface area contributed by atoms with Crippen molar-refractivity contribution in [2.24, 2.45) is 5.73 Å². The van der Waals surface area contributed by atoms with Crippen molar-refractivity contribution in [1.29, 1.82) is 0 Å². The fourth-order valence-electron chi connectivity index (χ4n) is 1.59. The van der Waals surface area contributed by atoms with E-state index in [-0.39, 0.29) is 12.6 Å². The lowest BCUT2D eigenvalue weighted by atomic mass is 10.2. The van der Waals surface area contributed by atoms with Gasteiger partial charge in [0.25, 0.3) is 5.91 Å². The molecule has 0 aliphatic heterocycles. The summed E-state index contributed by atoms with van der Waals surface area (Å²) in [5, 5.41) is 3.35. The summed E-state index contributed by atoms with van der Waals surface area (Å²) in [4.78, 5) is 15.9. The molecule has 0 saturated heterocycles. The first-order chi connectivity index (χ1) is 9.15. The standard InChI is InChI=1S/C13H15N3O2S/c1-9(12-6-15-8-19-12)16-10-3-2-4-11(5-10)18-7-13(14)17/h2-6,8-9,16H,7H2,1H3,(H2,14,17). The van der Waals surface area contributed by atoms with Gasteiger partial charge in [-0.3, -0.25) is 9.78 Å². The van der Waals surface area contributed by atoms with Gasteiger partial charge in [-0.05, 0) is 19.1 Å². The first-order valence-electron chi connectivity index (χ1n) is 5.81. The van der Waals surface area contributed by atoms with Gasteiger partial charge in [0.05, 0.1) is 11.6 Å². The number of aromatic nitrogens is 1. The fraction of sp³-hybridized carbons (Fsp3) is 0.231. The van der Waals surface area contributed by atoms with E-state index >= 15 is 0 Å². The number of hydrogen-bond acceptors (Lipinski definition) is 5. The Morgan fingerprint density at radius 2 is 2.42 bits per heavy atom. The minimum Gasteiger partial charge on any atom is -0.484 e. The number of carbonyl (C=O) groups excluding carboxylic acids is 1. The normalized spacial score (nSPS) is 11.8. The van der Waals surface area contributed by atoms with E-state index in [2.05, 4.69) is 17.2 Å². The summed E-state index contributed by atoms with van der Waals surface area (Å²) in [6, 6.07) is 7.58. The van der Waals surface area contributed by atoms with E-state index in [4.69, 9.17) is 10.5 Å². The molecule has 1 unspecified atom stereocenters. The molecule has 100 valence electrons. The van der Waals surface area contributed by atoms with Crippen LogP contribution in [0.5, 0.6) is 5.75 Å². The van der Waals surface area contributed by atoms with Crippen LogP contribution in [0.2, 0.25) is 0 Å². The lowest BCUT2D eigenvalue weighted by Gasteiger charge is -2.14. The van der Waals surface area contributed by atoms with Crippen molar-refractivity contribution in [2.45, 2.75) is 13.0 Å². The number of amides is 1. The average molecular weight is 277 g/mol. The van der Waals surface area contributed by atoms with E-state index in [1.54, 1.807) is 22.9 Å². The van der Waals surface area contributed by atoms with Crippen molar-refractivity contribution >= 4 is 22.9 Å². The van der Waals surface area contributed by atoms with Crippen LogP contribution in [0.1, 0.15) is 17.8 Å². The number of thiazole rings is 1. The number of nitrogens with two attached hydrogens (primary N) is 1. The van der Waals surface area contributed by atoms with Gasteiger partial charge in [-0.15, -0.1) is 11.3 Å². The van der Waals surface area contributed by atoms with Crippen LogP contribution < -0.4 is 15.8 Å². The monoisotopic (exact) mass is 277 g/mol. The van der Waals surface area contributed by atoms with Crippen LogP contribution >= 0.6 is 11.3 Å². The van der Waals surface area contributed by atoms with Gasteiger partial charge in [-0.1, -0.05) is 6.07 Å². The molecule has 0 radical (unpaired) electrons. The highest BCUT2D eigenvalue weighted by Crippen LogP contribution is 2.24. The van der Waals surface area contributed by atoms with Crippen molar-refractivity contribution in [3.63, 3.8) is 0 Å². The summed E-state index contributed by atoms with van der Waals surface area (Å²) in [5.41, 5.74) is 7.76. The second-order valence-corrected chi connectivity index (χ2v) is 4.97. The predicted octanol–water partition coefficient (Wildman–Crippen LogP) is 2.18. The number of ether oxygens (including phenoxy) is 1. The van der Waals surface area contributed by atoms with Crippen molar-refractivity contribution < 1.29 is 9.53 Å². The minimum atomic E-state index is -0.489. The SMILES string of the molecule is CC(Nc1cccc(OCC(N)=O)c1)c1cncs1. The quantitative estimate of drug-likeness (QED) is 0.848. The van der Waals surface area contributed by atoms with Crippen molar-refractivity contribution in [3.8, 4) is 5.75 Å². The number of carbonyl (C=O) groups is 1. The van der Waals surface area contributed by atoms with Crippen LogP contribution in [-0.2, 0) is 4.79 Å². The molecule has 3 N–H and O–H groups in total. The van der Waals surface area contributed by atoms with Gasteiger partial charge in [0.2, 0.25) is 0 Å². The van der Waals surface area contributed by atoms with Crippen molar-refractivity contribution in [2.75, 3.05) is 11.9 Å². The Kier molecular flexibility index (Phi) is 4.35. The van der Waals surface area contributed by atoms with Gasteiger partial charge in [-0.2, -0.15) is 0 Å². The van der Waals surface area contributed by atoms with E-state index in [1.165, 1.54) is 0 Å². The molecule has 1 aromatic heterocycles. The molecule has 1 aromatic carbocycles. The third-order valence-electron chi connectivity index (χ3n) is 2.48. The highest BCUT2D eigenvalue weighted by Gasteiger charge is 2.07. The molecule has 1 amide bonds. The Balaban J connectivity index is 2.00. The van der Waals surface area contributed by atoms with Gasteiger partial charge in [-0.25, -0.2) is 0 Å². The Labute approximate surface area is 115 Å². The van der Waals surface area contributed by atoms with Gasteiger partial charge in [0.1, 0.15) is 5.75 Å². The van der Waals surface area contributed by atoms with Crippen LogP contribution in [-0.4, -0.2) is 17.5 Å². The first-order valence-corrected chi connectivity index (χ1v) is 6.69. The molecule has 0 bridgehead atoms. The molecule has 0 fully saturated rings. The molecule has 2 rings (SSSR count). The Hall–Kier alpha value is -2.08. The smallest absolute Gasteiger partial charge is 0.255 e. The summed E-state index contributed by atoms with van der Waals surface area (Å²) in [6.45, 7) is 1.94. The zero-order chi connectivity index (χ0) is 13.7. The second kappa shape index (κ2) is 6.19. The van der Waals surface area contributed by atoms with E-state index in [0.717, 1.165) is 10.6 Å². The number of hydrogen-bond donors (Lipinski definition) is 2. The maximum atomic E-state index is 10.7. The molecule has 0 aliphatic rings. The molecule has 1 atom stereocenters. The van der Waals surface area contributed by atoms with Gasteiger partial charge in [0, 0.05) is 22.8 Å². The molecular formula is C13H15N3O2S. The average Bonchev–Trinajstić information content (AvgIpc) is 2.91. The fourth-order valence-corrected chi connectivity index (χ4v) is 2.22. The van der Waals surface area contributed by atoms with E-state index in [0.29, 0.717) is 5.75 Å². The molecule has 0 saturated carbocycles. The zero-order valence-electron chi connectivity index (χ0n) is 10.5. The van der Waals surface area contributed by atoms with Gasteiger partial charge >= 0.3 is 0 Å². The van der Waals surface area contributed by atoms with Crippen LogP contribution in [0.15, 0.2) is 36.0 Å². The lowest BCUT2D eigenvalue weighted by molar-refractivity contribution is -0.119. The Bertz CT molecular complexity index is 543. The third kappa shape index (κ3) is 3.96. The van der Waals surface area contributed by atoms with E-state index in [1.807, 2.05) is 24.4 Å². The number of anilines is 1. The maximum absolute atomic E-state index is 10.7. The van der Waals surface area contributed by atoms with Crippen LogP contribution in [0.25, 0.3) is 0 Å². The first kappa shape index (κ1) is 13.4. The number of rotatable bonds is 6. The second-order valence-electron chi connectivity index (χ2n) is 4.05. The molecule has 5 nitrogen and oxygen atoms in total. The van der Waals surface area contributed by atoms with E-state index in [9.17, 15) is 4.79 Å². The molecule has 2 aromatic rings. The highest BCUT2D eigenvalue weighted by molar-refractivity contribution is 7.09. The van der Waals surface area contributed by atoms with Crippen molar-refractivity contribution in [3.05, 3.63) is 40.8 Å². The molecular weight excluding hydrogens is 262 g/mol. The third-order valence-corrected chi connectivity index (χ3v) is 3.43. The summed E-state index contributed by atoms with van der Waals surface area (Å²) in [5.74, 6) is 0.122. The maximum Gasteiger partial charge on any atom is 0.255 e. The number of benzene rings is 1. The number of primary amides is 1. The summed E-state index contributed by atoms with van der Waals surface area (Å²) >= 11 is 1.60. The number of nitrogens with zero attached hydrogens (tertiary/aromatic N) is 1. The van der Waals surface area contributed by atoms with E-state index < -0.39 is 5.91 Å². The van der Waals surface area contributed by atoms with Crippen molar-refractivity contribution in [1.82, 2.24) is 4.98 Å². The predicted molar refractivity (Wildman–Crippen MR) is 75.3 cm³/mol. The Morgan fingerprint density at radius 3 is 3.11 bits per heavy atom. The number of nitrogens with one attached hydrogen (secondary N) is 1. The zero-order valence-corrected chi connectivity index (χ0v) is 11.3. The largest absolute Gasteiger partial charge is 0.484 e. The highest BCUT2D eigenvalue weighted by atomic mass is 32.1. The Morgan fingerprint density at radius 1 is 1.58 bits per heavy atom. The van der Waals surface area contributed by atoms with Gasteiger partial charge in [0.15, 0.2) is 6.61 Å². The molecule has 19 heavy (non-hydrogen) atoms. The lowest BCUT2D eigenvalue weighted by Crippen LogP contribution is -2.20. The van der Waals surface area contributed by atoms with Crippen LogP contribution in [0.4, 0.5) is 5.69 Å². The summed E-state index contributed by atoms with van der Waals surface area (Å²) in [7, 11) is 0. The molecule has 0 spiro atoms. The molecule has 1 heterocycles. The van der Waals surface area contributed by atoms with Crippen LogP contribution in [0.3, 0.4) is 0 Å². The molecule has 0 aliphatic carbocycles. The minimum absolute atomic E-state index is 0.117. The topological polar surface area (TPSA) is 77.2 Å². The molecule has 6 heteroatoms. The summed E-state index contributed by atoms with van der Waals surface area (Å²) in [6.07, 6.45) is 1.84.